The molecule has 4 aromatic rings. The van der Waals surface area contributed by atoms with E-state index in [-0.39, 0.29) is 5.56 Å². The van der Waals surface area contributed by atoms with E-state index in [9.17, 15) is 4.79 Å². The van der Waals surface area contributed by atoms with Crippen molar-refractivity contribution in [2.75, 3.05) is 7.11 Å². The molecule has 0 atom stereocenters. The smallest absolute Gasteiger partial charge is 0.273 e. The summed E-state index contributed by atoms with van der Waals surface area (Å²) in [5.74, 6) is 0.784. The van der Waals surface area contributed by atoms with Gasteiger partial charge in [-0.05, 0) is 43.3 Å². The first-order valence-corrected chi connectivity index (χ1v) is 7.84. The quantitative estimate of drug-likeness (QED) is 0.626. The molecule has 0 radical (unpaired) electrons. The molecule has 6 heteroatoms. The fraction of sp³-hybridized carbons (Fsp3) is 0.105. The number of H-pyrrole nitrogens is 1. The predicted octanol–water partition coefficient (Wildman–Crippen LogP) is 3.07. The summed E-state index contributed by atoms with van der Waals surface area (Å²) in [6, 6.07) is 12.9. The number of benzene rings is 1. The Bertz CT molecular complexity index is 1100. The van der Waals surface area contributed by atoms with E-state index < -0.39 is 0 Å². The van der Waals surface area contributed by atoms with E-state index in [0.717, 1.165) is 28.1 Å². The summed E-state index contributed by atoms with van der Waals surface area (Å²) in [5.41, 5.74) is 4.61. The van der Waals surface area contributed by atoms with Crippen LogP contribution in [0.4, 0.5) is 0 Å². The minimum absolute atomic E-state index is 0.160. The lowest BCUT2D eigenvalue weighted by atomic mass is 10.1. The number of nitrogens with one attached hydrogen (secondary N) is 1. The first-order valence-electron chi connectivity index (χ1n) is 7.84. The highest BCUT2D eigenvalue weighted by molar-refractivity contribution is 5.72. The van der Waals surface area contributed by atoms with Gasteiger partial charge in [0.25, 0.3) is 5.56 Å². The molecule has 3 heterocycles. The van der Waals surface area contributed by atoms with E-state index in [1.54, 1.807) is 19.5 Å². The van der Waals surface area contributed by atoms with Crippen LogP contribution in [0, 0.1) is 6.92 Å². The number of ether oxygens (including phenoxy) is 1. The second-order valence-electron chi connectivity index (χ2n) is 5.72. The van der Waals surface area contributed by atoms with Gasteiger partial charge in [0.15, 0.2) is 5.65 Å². The van der Waals surface area contributed by atoms with Crippen LogP contribution < -0.4 is 10.3 Å². The van der Waals surface area contributed by atoms with Crippen LogP contribution in [0.5, 0.6) is 5.75 Å². The third kappa shape index (κ3) is 2.57. The number of pyridine rings is 1. The maximum atomic E-state index is 12.5. The molecule has 1 N–H and O–H groups in total. The third-order valence-electron chi connectivity index (χ3n) is 4.19. The highest BCUT2D eigenvalue weighted by atomic mass is 16.5. The van der Waals surface area contributed by atoms with Crippen molar-refractivity contribution in [1.82, 2.24) is 19.6 Å². The van der Waals surface area contributed by atoms with Gasteiger partial charge in [0.05, 0.1) is 18.5 Å². The molecule has 4 rings (SSSR count). The van der Waals surface area contributed by atoms with Gasteiger partial charge in [0, 0.05) is 35.2 Å². The molecule has 0 saturated heterocycles. The number of aromatic nitrogens is 4. The van der Waals surface area contributed by atoms with Gasteiger partial charge in [-0.25, -0.2) is 9.50 Å². The maximum Gasteiger partial charge on any atom is 0.273 e. The van der Waals surface area contributed by atoms with Crippen LogP contribution in [0.15, 0.2) is 59.7 Å². The van der Waals surface area contributed by atoms with Crippen molar-refractivity contribution in [3.05, 3.63) is 70.8 Å². The Morgan fingerprint density at radius 3 is 2.60 bits per heavy atom. The minimum Gasteiger partial charge on any atom is -0.497 e. The van der Waals surface area contributed by atoms with Gasteiger partial charge in [0.1, 0.15) is 5.75 Å². The van der Waals surface area contributed by atoms with Gasteiger partial charge in [-0.1, -0.05) is 0 Å². The monoisotopic (exact) mass is 332 g/mol. The third-order valence-corrected chi connectivity index (χ3v) is 4.19. The Morgan fingerprint density at radius 2 is 1.92 bits per heavy atom. The lowest BCUT2D eigenvalue weighted by molar-refractivity contribution is 0.415. The molecule has 0 unspecified atom stereocenters. The molecular formula is C19H16N4O2. The molecule has 0 aliphatic carbocycles. The summed E-state index contributed by atoms with van der Waals surface area (Å²) in [6.45, 7) is 1.95. The van der Waals surface area contributed by atoms with Crippen LogP contribution >= 0.6 is 0 Å². The van der Waals surface area contributed by atoms with Crippen molar-refractivity contribution in [2.45, 2.75) is 6.92 Å². The molecule has 25 heavy (non-hydrogen) atoms. The van der Waals surface area contributed by atoms with E-state index in [2.05, 4.69) is 15.1 Å². The Kier molecular flexibility index (Phi) is 3.57. The first kappa shape index (κ1) is 15.1. The average Bonchev–Trinajstić information content (AvgIpc) is 3.00. The number of aromatic amines is 1. The van der Waals surface area contributed by atoms with E-state index in [0.29, 0.717) is 11.3 Å². The molecule has 3 aromatic heterocycles. The zero-order valence-electron chi connectivity index (χ0n) is 13.9. The summed E-state index contributed by atoms with van der Waals surface area (Å²) in [6.07, 6.45) is 3.39. The molecule has 0 spiro atoms. The van der Waals surface area contributed by atoms with Crippen LogP contribution in [-0.4, -0.2) is 26.7 Å². The molecule has 1 aromatic carbocycles. The zero-order valence-corrected chi connectivity index (χ0v) is 13.9. The van der Waals surface area contributed by atoms with E-state index in [1.807, 2.05) is 43.3 Å². The molecule has 0 bridgehead atoms. The number of aryl methyl sites for hydroxylation is 1. The number of hydrogen-bond donors (Lipinski definition) is 1. The molecular weight excluding hydrogens is 316 g/mol. The number of fused-ring (bicyclic) bond motifs is 1. The second kappa shape index (κ2) is 5.90. The van der Waals surface area contributed by atoms with Gasteiger partial charge in [0.2, 0.25) is 0 Å². The van der Waals surface area contributed by atoms with Crippen LogP contribution in [0.3, 0.4) is 0 Å². The molecule has 124 valence electrons. The van der Waals surface area contributed by atoms with E-state index >= 15 is 0 Å². The molecule has 0 aliphatic heterocycles. The topological polar surface area (TPSA) is 72.3 Å². The molecule has 6 nitrogen and oxygen atoms in total. The van der Waals surface area contributed by atoms with Gasteiger partial charge in [-0.3, -0.25) is 14.9 Å². The Hall–Kier alpha value is -3.41. The Labute approximate surface area is 143 Å². The average molecular weight is 332 g/mol. The normalized spacial score (nSPS) is 11.0. The first-order chi connectivity index (χ1) is 12.2. The molecule has 0 amide bonds. The lowest BCUT2D eigenvalue weighted by Gasteiger charge is -2.02. The maximum absolute atomic E-state index is 12.5. The number of nitrogens with zero attached hydrogens (tertiary/aromatic N) is 3. The highest BCUT2D eigenvalue weighted by Gasteiger charge is 2.14. The van der Waals surface area contributed by atoms with Crippen molar-refractivity contribution in [1.29, 1.82) is 0 Å². The van der Waals surface area contributed by atoms with Gasteiger partial charge in [-0.2, -0.15) is 0 Å². The van der Waals surface area contributed by atoms with Crippen molar-refractivity contribution in [2.24, 2.45) is 0 Å². The Morgan fingerprint density at radius 1 is 1.12 bits per heavy atom. The molecule has 0 saturated carbocycles. The summed E-state index contributed by atoms with van der Waals surface area (Å²) in [7, 11) is 1.63. The fourth-order valence-electron chi connectivity index (χ4n) is 2.85. The Balaban J connectivity index is 1.90. The van der Waals surface area contributed by atoms with E-state index in [1.165, 1.54) is 10.6 Å². The summed E-state index contributed by atoms with van der Waals surface area (Å²) in [4.78, 5) is 21.3. The van der Waals surface area contributed by atoms with Gasteiger partial charge < -0.3 is 4.74 Å². The summed E-state index contributed by atoms with van der Waals surface area (Å²) in [5, 5.41) is 3.15. The largest absolute Gasteiger partial charge is 0.497 e. The molecule has 0 aliphatic rings. The van der Waals surface area contributed by atoms with Crippen molar-refractivity contribution in [3.63, 3.8) is 0 Å². The summed E-state index contributed by atoms with van der Waals surface area (Å²) >= 11 is 0. The van der Waals surface area contributed by atoms with E-state index in [4.69, 9.17) is 4.74 Å². The van der Waals surface area contributed by atoms with Crippen molar-refractivity contribution < 1.29 is 4.74 Å². The minimum atomic E-state index is -0.160. The standard InChI is InChI=1S/C19H16N4O2/c1-12-18(13-5-7-15(25-2)8-6-13)22-23-17(24)10-16(21-19(12)23)14-4-3-9-20-11-14/h3-11,22H,1-2H3. The second-order valence-corrected chi connectivity index (χ2v) is 5.72. The molecule has 0 fully saturated rings. The van der Waals surface area contributed by atoms with Gasteiger partial charge >= 0.3 is 0 Å². The van der Waals surface area contributed by atoms with Crippen molar-refractivity contribution in [3.8, 4) is 28.3 Å². The van der Waals surface area contributed by atoms with Crippen LogP contribution in [0.1, 0.15) is 5.56 Å². The number of hydrogen-bond acceptors (Lipinski definition) is 4. The fourth-order valence-corrected chi connectivity index (χ4v) is 2.85. The SMILES string of the molecule is COc1ccc(-c2[nH]n3c(=O)cc(-c4cccnc4)nc3c2C)cc1. The zero-order chi connectivity index (χ0) is 17.4. The number of methoxy groups -OCH3 is 1. The number of rotatable bonds is 3. The van der Waals surface area contributed by atoms with Gasteiger partial charge in [-0.15, -0.1) is 0 Å². The highest BCUT2D eigenvalue weighted by Crippen LogP contribution is 2.26. The van der Waals surface area contributed by atoms with Crippen LogP contribution in [0.2, 0.25) is 0 Å². The predicted molar refractivity (Wildman–Crippen MR) is 95.8 cm³/mol. The van der Waals surface area contributed by atoms with Crippen LogP contribution in [0.25, 0.3) is 28.2 Å². The summed E-state index contributed by atoms with van der Waals surface area (Å²) < 4.78 is 6.66. The van der Waals surface area contributed by atoms with Crippen molar-refractivity contribution >= 4 is 5.65 Å². The lowest BCUT2D eigenvalue weighted by Crippen LogP contribution is -2.14. The van der Waals surface area contributed by atoms with Crippen LogP contribution in [-0.2, 0) is 0 Å².